The van der Waals surface area contributed by atoms with Crippen LogP contribution in [-0.2, 0) is 0 Å². The van der Waals surface area contributed by atoms with Gasteiger partial charge in [-0.05, 0) is 63.3 Å². The Hall–Kier alpha value is -1.11. The van der Waals surface area contributed by atoms with Gasteiger partial charge in [0.15, 0.2) is 0 Å². The molecule has 0 saturated carbocycles. The fourth-order valence-corrected chi connectivity index (χ4v) is 4.57. The lowest BCUT2D eigenvalue weighted by atomic mass is 9.83. The van der Waals surface area contributed by atoms with E-state index in [9.17, 15) is 13.2 Å². The maximum Gasteiger partial charge on any atom is 0.412 e. The van der Waals surface area contributed by atoms with Crippen LogP contribution < -0.4 is 5.32 Å². The van der Waals surface area contributed by atoms with E-state index in [1.165, 1.54) is 16.1 Å². The summed E-state index contributed by atoms with van der Waals surface area (Å²) >= 11 is 3.64. The van der Waals surface area contributed by atoms with Gasteiger partial charge in [-0.3, -0.25) is 9.98 Å². The number of nitrogens with one attached hydrogen (secondary N) is 1. The zero-order valence-corrected chi connectivity index (χ0v) is 16.9. The first kappa shape index (κ1) is 19.6. The number of hydrogen-bond acceptors (Lipinski definition) is 2. The number of fused-ring (bicyclic) bond motifs is 1. The maximum atomic E-state index is 13.0. The number of amidine groups is 2. The molecule has 1 heterocycles. The van der Waals surface area contributed by atoms with Crippen molar-refractivity contribution in [2.75, 3.05) is 0 Å². The third-order valence-corrected chi connectivity index (χ3v) is 6.59. The van der Waals surface area contributed by atoms with E-state index in [0.717, 1.165) is 30.9 Å². The normalized spacial score (nSPS) is 32.6. The molecular weight excluding hydrogens is 407 g/mol. The zero-order valence-electron chi connectivity index (χ0n) is 15.3. The van der Waals surface area contributed by atoms with Gasteiger partial charge in [0.1, 0.15) is 5.84 Å². The number of rotatable bonds is 2. The molecule has 0 radical (unpaired) electrons. The van der Waals surface area contributed by atoms with Crippen LogP contribution in [0.4, 0.5) is 13.2 Å². The summed E-state index contributed by atoms with van der Waals surface area (Å²) < 4.78 is 40.3. The fourth-order valence-electron chi connectivity index (χ4n) is 4.06. The van der Waals surface area contributed by atoms with Gasteiger partial charge in [0.2, 0.25) is 0 Å². The highest BCUT2D eigenvalue weighted by Crippen LogP contribution is 2.38. The standard InChI is InChI=1S/C19H25BrF3N3/c1-10-7-17-15(9-16(10)20)18(26-12(3)25-17)24-11(2)13-5-4-6-14(8-13)19(21,22)23/h8,11,13,15,17H,4-7,9H2,1-3H3,(H,24,25,26). The molecule has 0 amide bonds. The molecule has 144 valence electrons. The van der Waals surface area contributed by atoms with Gasteiger partial charge < -0.3 is 5.32 Å². The molecule has 4 atom stereocenters. The highest BCUT2D eigenvalue weighted by atomic mass is 79.9. The van der Waals surface area contributed by atoms with E-state index in [2.05, 4.69) is 28.2 Å². The Labute approximate surface area is 161 Å². The third kappa shape index (κ3) is 4.24. The van der Waals surface area contributed by atoms with Crippen molar-refractivity contribution in [2.24, 2.45) is 21.8 Å². The van der Waals surface area contributed by atoms with E-state index in [-0.39, 0.29) is 30.3 Å². The Balaban J connectivity index is 1.83. The van der Waals surface area contributed by atoms with Crippen LogP contribution in [0, 0.1) is 11.8 Å². The molecule has 0 aromatic rings. The van der Waals surface area contributed by atoms with Crippen LogP contribution in [0.15, 0.2) is 31.7 Å². The maximum absolute atomic E-state index is 13.0. The van der Waals surface area contributed by atoms with Crippen molar-refractivity contribution in [2.45, 2.75) is 71.1 Å². The lowest BCUT2D eigenvalue weighted by Crippen LogP contribution is -2.47. The van der Waals surface area contributed by atoms with E-state index in [0.29, 0.717) is 6.42 Å². The van der Waals surface area contributed by atoms with Crippen LogP contribution in [0.25, 0.3) is 0 Å². The molecule has 1 aliphatic heterocycles. The summed E-state index contributed by atoms with van der Waals surface area (Å²) in [5.74, 6) is 1.69. The number of hydrogen-bond donors (Lipinski definition) is 1. The first-order valence-electron chi connectivity index (χ1n) is 9.16. The van der Waals surface area contributed by atoms with Gasteiger partial charge in [-0.15, -0.1) is 0 Å². The summed E-state index contributed by atoms with van der Waals surface area (Å²) in [5, 5.41) is 3.28. The quantitative estimate of drug-likeness (QED) is 0.573. The number of nitrogens with zero attached hydrogens (tertiary/aromatic N) is 2. The second kappa shape index (κ2) is 7.49. The topological polar surface area (TPSA) is 36.8 Å². The summed E-state index contributed by atoms with van der Waals surface area (Å²) in [7, 11) is 0. The monoisotopic (exact) mass is 431 g/mol. The number of alkyl halides is 3. The van der Waals surface area contributed by atoms with Gasteiger partial charge in [-0.1, -0.05) is 27.6 Å². The average molecular weight is 432 g/mol. The highest BCUT2D eigenvalue weighted by molar-refractivity contribution is 9.11. The molecule has 0 aromatic carbocycles. The Morgan fingerprint density at radius 2 is 2.04 bits per heavy atom. The second-order valence-electron chi connectivity index (χ2n) is 7.61. The molecule has 4 unspecified atom stereocenters. The van der Waals surface area contributed by atoms with Gasteiger partial charge in [-0.25, -0.2) is 0 Å². The highest BCUT2D eigenvalue weighted by Gasteiger charge is 2.38. The molecule has 3 nitrogen and oxygen atoms in total. The minimum Gasteiger partial charge on any atom is -0.333 e. The predicted octanol–water partition coefficient (Wildman–Crippen LogP) is 5.53. The lowest BCUT2D eigenvalue weighted by Gasteiger charge is -2.36. The predicted molar refractivity (Wildman–Crippen MR) is 103 cm³/mol. The van der Waals surface area contributed by atoms with Gasteiger partial charge in [-0.2, -0.15) is 13.2 Å². The van der Waals surface area contributed by atoms with E-state index in [4.69, 9.17) is 9.98 Å². The van der Waals surface area contributed by atoms with E-state index in [1.807, 2.05) is 13.8 Å². The van der Waals surface area contributed by atoms with Crippen molar-refractivity contribution < 1.29 is 13.2 Å². The number of aliphatic imine (C=N–C) groups is 2. The Morgan fingerprint density at radius 1 is 1.31 bits per heavy atom. The van der Waals surface area contributed by atoms with Crippen molar-refractivity contribution in [1.82, 2.24) is 5.32 Å². The molecular formula is C19H25BrF3N3. The smallest absolute Gasteiger partial charge is 0.333 e. The molecule has 0 aromatic heterocycles. The van der Waals surface area contributed by atoms with Crippen molar-refractivity contribution in [3.8, 4) is 0 Å². The van der Waals surface area contributed by atoms with Crippen LogP contribution in [-0.4, -0.2) is 29.9 Å². The summed E-state index contributed by atoms with van der Waals surface area (Å²) in [6, 6.07) is -0.0244. The average Bonchev–Trinajstić information content (AvgIpc) is 2.56. The van der Waals surface area contributed by atoms with Crippen LogP contribution in [0.1, 0.15) is 52.9 Å². The first-order chi connectivity index (χ1) is 12.1. The van der Waals surface area contributed by atoms with Gasteiger partial charge in [0.25, 0.3) is 0 Å². The van der Waals surface area contributed by atoms with Crippen molar-refractivity contribution in [3.63, 3.8) is 0 Å². The minimum atomic E-state index is -4.22. The Bertz CT molecular complexity index is 691. The second-order valence-corrected chi connectivity index (χ2v) is 8.56. The summed E-state index contributed by atoms with van der Waals surface area (Å²) in [4.78, 5) is 9.55. The van der Waals surface area contributed by atoms with Gasteiger partial charge in [0.05, 0.1) is 17.9 Å². The molecule has 1 N–H and O–H groups in total. The van der Waals surface area contributed by atoms with E-state index in [1.54, 1.807) is 0 Å². The molecule has 0 fully saturated rings. The molecule has 0 bridgehead atoms. The van der Waals surface area contributed by atoms with Crippen LogP contribution in [0.2, 0.25) is 0 Å². The van der Waals surface area contributed by atoms with Crippen molar-refractivity contribution in [3.05, 3.63) is 21.7 Å². The minimum absolute atomic E-state index is 0.120. The summed E-state index contributed by atoms with van der Waals surface area (Å²) in [6.45, 7) is 5.95. The molecule has 2 aliphatic carbocycles. The lowest BCUT2D eigenvalue weighted by molar-refractivity contribution is -0.0956. The Morgan fingerprint density at radius 3 is 2.73 bits per heavy atom. The third-order valence-electron chi connectivity index (χ3n) is 5.59. The number of allylic oxidation sites excluding steroid dienone is 2. The summed E-state index contributed by atoms with van der Waals surface area (Å²) in [6.07, 6.45) is 0.342. The largest absolute Gasteiger partial charge is 0.412 e. The van der Waals surface area contributed by atoms with Crippen molar-refractivity contribution in [1.29, 1.82) is 0 Å². The molecule has 7 heteroatoms. The molecule has 0 spiro atoms. The Kier molecular flexibility index (Phi) is 5.66. The zero-order chi connectivity index (χ0) is 19.1. The van der Waals surface area contributed by atoms with Crippen LogP contribution >= 0.6 is 15.9 Å². The van der Waals surface area contributed by atoms with Crippen LogP contribution in [0.5, 0.6) is 0 Å². The van der Waals surface area contributed by atoms with Gasteiger partial charge >= 0.3 is 6.18 Å². The molecule has 26 heavy (non-hydrogen) atoms. The molecule has 0 saturated heterocycles. The SMILES string of the molecule is CC1=NC2CC(C)=C(Br)CC2C(=NC(C)C2C=C(C(F)(F)F)CCC2)N1. The summed E-state index contributed by atoms with van der Waals surface area (Å²) in [5.41, 5.74) is 0.911. The molecule has 3 aliphatic rings. The first-order valence-corrected chi connectivity index (χ1v) is 9.95. The number of halogens is 4. The van der Waals surface area contributed by atoms with Crippen LogP contribution in [0.3, 0.4) is 0 Å². The fraction of sp³-hybridized carbons (Fsp3) is 0.684. The van der Waals surface area contributed by atoms with E-state index >= 15 is 0 Å². The molecule has 3 rings (SSSR count). The van der Waals surface area contributed by atoms with Gasteiger partial charge in [0, 0.05) is 11.5 Å². The van der Waals surface area contributed by atoms with Crippen molar-refractivity contribution >= 4 is 27.6 Å². The van der Waals surface area contributed by atoms with E-state index < -0.39 is 11.7 Å².